The van der Waals surface area contributed by atoms with Crippen LogP contribution >= 0.6 is 23.2 Å². The molecule has 152 valence electrons. The van der Waals surface area contributed by atoms with E-state index in [1.165, 1.54) is 18.6 Å². The van der Waals surface area contributed by atoms with Crippen molar-refractivity contribution in [2.45, 2.75) is 0 Å². The number of hydrogen-bond donors (Lipinski definition) is 0. The molecule has 0 saturated carbocycles. The van der Waals surface area contributed by atoms with E-state index in [1.807, 2.05) is 0 Å². The Morgan fingerprint density at radius 1 is 1.24 bits per heavy atom. The summed E-state index contributed by atoms with van der Waals surface area (Å²) in [5, 5.41) is 10.3. The van der Waals surface area contributed by atoms with Crippen molar-refractivity contribution in [3.05, 3.63) is 46.0 Å². The minimum Gasteiger partial charge on any atom is -0.491 e. The van der Waals surface area contributed by atoms with Gasteiger partial charge in [0.2, 0.25) is 0 Å². The monoisotopic (exact) mass is 434 g/mol. The van der Waals surface area contributed by atoms with E-state index in [0.717, 1.165) is 32.8 Å². The molecule has 0 bridgehead atoms. The van der Waals surface area contributed by atoms with E-state index >= 15 is 0 Å². The van der Waals surface area contributed by atoms with E-state index < -0.39 is 0 Å². The van der Waals surface area contributed by atoms with Crippen LogP contribution in [0.3, 0.4) is 0 Å². The number of halogens is 2. The van der Waals surface area contributed by atoms with Crippen molar-refractivity contribution in [1.82, 2.24) is 14.9 Å². The van der Waals surface area contributed by atoms with Crippen LogP contribution < -0.4 is 9.47 Å². The Hall–Kier alpha value is -2.37. The van der Waals surface area contributed by atoms with Crippen LogP contribution in [0.2, 0.25) is 10.0 Å². The molecule has 1 aliphatic rings. The molecule has 2 aromatic rings. The van der Waals surface area contributed by atoms with Gasteiger partial charge in [-0.3, -0.25) is 14.9 Å². The van der Waals surface area contributed by atoms with Gasteiger partial charge in [-0.2, -0.15) is 5.26 Å². The Balaban J connectivity index is 1.80. The molecule has 9 heteroatoms. The third-order valence-corrected chi connectivity index (χ3v) is 5.00. The molecule has 3 heterocycles. The lowest BCUT2D eigenvalue weighted by Crippen LogP contribution is -2.38. The number of nitrogens with zero attached hydrogens (tertiary/aromatic N) is 4. The van der Waals surface area contributed by atoms with Gasteiger partial charge >= 0.3 is 0 Å². The zero-order chi connectivity index (χ0) is 20.6. The van der Waals surface area contributed by atoms with Crippen molar-refractivity contribution >= 4 is 34.9 Å². The highest BCUT2D eigenvalue weighted by Gasteiger charge is 2.14. The van der Waals surface area contributed by atoms with Crippen LogP contribution in [0.1, 0.15) is 11.3 Å². The molecule has 2 aromatic heterocycles. The minimum absolute atomic E-state index is 0.292. The normalized spacial score (nSPS) is 15.0. The van der Waals surface area contributed by atoms with Crippen LogP contribution in [0, 0.1) is 11.3 Å². The van der Waals surface area contributed by atoms with Gasteiger partial charge in [-0.25, -0.2) is 0 Å². The smallest absolute Gasteiger partial charge is 0.179 e. The largest absolute Gasteiger partial charge is 0.491 e. The first-order valence-corrected chi connectivity index (χ1v) is 9.76. The van der Waals surface area contributed by atoms with Crippen LogP contribution in [0.5, 0.6) is 11.5 Å². The Bertz CT molecular complexity index is 904. The molecule has 0 atom stereocenters. The van der Waals surface area contributed by atoms with Gasteiger partial charge in [0, 0.05) is 43.7 Å². The van der Waals surface area contributed by atoms with Crippen molar-refractivity contribution < 1.29 is 14.2 Å². The summed E-state index contributed by atoms with van der Waals surface area (Å²) in [6.07, 6.45) is 6.05. The fourth-order valence-electron chi connectivity index (χ4n) is 2.81. The number of ether oxygens (including phenoxy) is 3. The average molecular weight is 435 g/mol. The third-order valence-electron chi connectivity index (χ3n) is 4.40. The zero-order valence-corrected chi connectivity index (χ0v) is 17.4. The van der Waals surface area contributed by atoms with Gasteiger partial charge in [-0.15, -0.1) is 0 Å². The summed E-state index contributed by atoms with van der Waals surface area (Å²) in [6, 6.07) is 3.81. The number of nitriles is 1. The summed E-state index contributed by atoms with van der Waals surface area (Å²) in [7, 11) is 1.54. The highest BCUT2D eigenvalue weighted by atomic mass is 35.5. The molecular formula is C20H20Cl2N4O3. The van der Waals surface area contributed by atoms with E-state index in [2.05, 4.69) is 20.9 Å². The SMILES string of the molecule is COc1cnc(/C(C#N)=C/c2c(Cl)cncc2Cl)cc1OCCN1CCOCC1. The Labute approximate surface area is 179 Å². The van der Waals surface area contributed by atoms with Crippen LogP contribution in [0.4, 0.5) is 0 Å². The lowest BCUT2D eigenvalue weighted by molar-refractivity contribution is 0.0321. The summed E-state index contributed by atoms with van der Waals surface area (Å²) in [4.78, 5) is 10.5. The summed E-state index contributed by atoms with van der Waals surface area (Å²) in [6.45, 7) is 4.49. The van der Waals surface area contributed by atoms with Crippen LogP contribution in [0.25, 0.3) is 11.6 Å². The van der Waals surface area contributed by atoms with Crippen molar-refractivity contribution in [3.8, 4) is 17.6 Å². The zero-order valence-electron chi connectivity index (χ0n) is 15.9. The first kappa shape index (κ1) is 21.3. The molecule has 0 N–H and O–H groups in total. The van der Waals surface area contributed by atoms with Gasteiger partial charge in [-0.05, 0) is 6.08 Å². The van der Waals surface area contributed by atoms with Gasteiger partial charge in [0.15, 0.2) is 11.5 Å². The molecule has 1 fully saturated rings. The molecule has 0 amide bonds. The standard InChI is InChI=1S/C20H20Cl2N4O3/c1-27-20-13-25-18(9-19(20)29-7-4-26-2-5-28-6-3-26)14(10-23)8-15-16(21)11-24-12-17(15)22/h8-9,11-13H,2-7H2,1H3/b14-8+. The van der Waals surface area contributed by atoms with Crippen molar-refractivity contribution in [3.63, 3.8) is 0 Å². The maximum absolute atomic E-state index is 9.64. The lowest BCUT2D eigenvalue weighted by Gasteiger charge is -2.26. The van der Waals surface area contributed by atoms with Crippen molar-refractivity contribution in [2.75, 3.05) is 46.6 Å². The molecule has 0 spiro atoms. The summed E-state index contributed by atoms with van der Waals surface area (Å²) in [5.41, 5.74) is 1.23. The first-order chi connectivity index (χ1) is 14.1. The summed E-state index contributed by atoms with van der Waals surface area (Å²) < 4.78 is 16.6. The van der Waals surface area contributed by atoms with Gasteiger partial charge in [0.05, 0.1) is 47.8 Å². The summed E-state index contributed by atoms with van der Waals surface area (Å²) in [5.74, 6) is 1.01. The molecule has 0 aromatic carbocycles. The van der Waals surface area contributed by atoms with Gasteiger partial charge in [-0.1, -0.05) is 23.2 Å². The highest BCUT2D eigenvalue weighted by Crippen LogP contribution is 2.31. The highest BCUT2D eigenvalue weighted by molar-refractivity contribution is 6.37. The average Bonchev–Trinajstić information content (AvgIpc) is 2.74. The minimum atomic E-state index is 0.292. The van der Waals surface area contributed by atoms with Crippen molar-refractivity contribution in [1.29, 1.82) is 5.26 Å². The summed E-state index contributed by atoms with van der Waals surface area (Å²) >= 11 is 12.3. The number of aromatic nitrogens is 2. The maximum atomic E-state index is 9.64. The predicted molar refractivity (Wildman–Crippen MR) is 111 cm³/mol. The van der Waals surface area contributed by atoms with Gasteiger partial charge in [0.1, 0.15) is 12.7 Å². The molecule has 29 heavy (non-hydrogen) atoms. The van der Waals surface area contributed by atoms with Crippen LogP contribution in [-0.4, -0.2) is 61.4 Å². The van der Waals surface area contributed by atoms with Gasteiger partial charge < -0.3 is 14.2 Å². The number of methoxy groups -OCH3 is 1. The number of rotatable bonds is 7. The molecule has 1 saturated heterocycles. The van der Waals surface area contributed by atoms with Crippen molar-refractivity contribution in [2.24, 2.45) is 0 Å². The Kier molecular flexibility index (Phi) is 7.67. The van der Waals surface area contributed by atoms with E-state index in [0.29, 0.717) is 45.0 Å². The Morgan fingerprint density at radius 3 is 2.62 bits per heavy atom. The first-order valence-electron chi connectivity index (χ1n) is 9.00. The Morgan fingerprint density at radius 2 is 1.97 bits per heavy atom. The maximum Gasteiger partial charge on any atom is 0.179 e. The molecule has 0 radical (unpaired) electrons. The molecule has 0 aliphatic carbocycles. The quantitative estimate of drug-likeness (QED) is 0.615. The van der Waals surface area contributed by atoms with E-state index in [-0.39, 0.29) is 0 Å². The fraction of sp³-hybridized carbons (Fsp3) is 0.350. The fourth-order valence-corrected chi connectivity index (χ4v) is 3.29. The number of morpholine rings is 1. The molecule has 3 rings (SSSR count). The van der Waals surface area contributed by atoms with Crippen LogP contribution in [0.15, 0.2) is 24.7 Å². The topological polar surface area (TPSA) is 80.5 Å². The second-order valence-electron chi connectivity index (χ2n) is 6.21. The van der Waals surface area contributed by atoms with E-state index in [9.17, 15) is 5.26 Å². The second-order valence-corrected chi connectivity index (χ2v) is 7.02. The predicted octanol–water partition coefficient (Wildman–Crippen LogP) is 3.57. The number of pyridine rings is 2. The molecule has 0 unspecified atom stereocenters. The number of allylic oxidation sites excluding steroid dienone is 1. The third kappa shape index (κ3) is 5.58. The number of hydrogen-bond acceptors (Lipinski definition) is 7. The van der Waals surface area contributed by atoms with E-state index in [4.69, 9.17) is 37.4 Å². The van der Waals surface area contributed by atoms with E-state index in [1.54, 1.807) is 19.3 Å². The molecule has 7 nitrogen and oxygen atoms in total. The lowest BCUT2D eigenvalue weighted by atomic mass is 10.1. The van der Waals surface area contributed by atoms with Gasteiger partial charge in [0.25, 0.3) is 0 Å². The second kappa shape index (κ2) is 10.4. The van der Waals surface area contributed by atoms with Crippen LogP contribution in [-0.2, 0) is 4.74 Å². The molecular weight excluding hydrogens is 415 g/mol. The molecule has 1 aliphatic heterocycles.